The van der Waals surface area contributed by atoms with Gasteiger partial charge in [-0.25, -0.2) is 0 Å². The lowest BCUT2D eigenvalue weighted by Crippen LogP contribution is -2.23. The van der Waals surface area contributed by atoms with E-state index in [1.807, 2.05) is 48.5 Å². The Morgan fingerprint density at radius 1 is 1.08 bits per heavy atom. The third-order valence-electron chi connectivity index (χ3n) is 3.87. The summed E-state index contributed by atoms with van der Waals surface area (Å²) in [5, 5.41) is 2.90. The number of nitrogens with one attached hydrogen (secondary N) is 1. The Morgan fingerprint density at radius 3 is 2.27 bits per heavy atom. The predicted molar refractivity (Wildman–Crippen MR) is 111 cm³/mol. The Bertz CT molecular complexity index is 660. The van der Waals surface area contributed by atoms with Crippen molar-refractivity contribution in [3.05, 3.63) is 54.1 Å². The summed E-state index contributed by atoms with van der Waals surface area (Å²) in [7, 11) is 0. The van der Waals surface area contributed by atoms with Gasteiger partial charge in [-0.1, -0.05) is 6.92 Å². The number of benzene rings is 2. The Hall–Kier alpha value is -2.24. The van der Waals surface area contributed by atoms with Gasteiger partial charge in [-0.15, -0.1) is 12.4 Å². The van der Waals surface area contributed by atoms with E-state index in [4.69, 9.17) is 10.5 Å². The molecule has 0 radical (unpaired) electrons. The van der Waals surface area contributed by atoms with Gasteiger partial charge in [0.15, 0.2) is 0 Å². The number of hydrogen-bond acceptors (Lipinski definition) is 4. The van der Waals surface area contributed by atoms with Crippen LogP contribution in [-0.2, 0) is 0 Å². The molecular formula is C20H28ClN3O2. The molecule has 2 rings (SSSR count). The van der Waals surface area contributed by atoms with Gasteiger partial charge in [0, 0.05) is 36.6 Å². The van der Waals surface area contributed by atoms with Crippen molar-refractivity contribution in [2.45, 2.75) is 20.3 Å². The van der Waals surface area contributed by atoms with Gasteiger partial charge in [0.2, 0.25) is 0 Å². The summed E-state index contributed by atoms with van der Waals surface area (Å²) in [6.45, 7) is 7.22. The smallest absolute Gasteiger partial charge is 0.255 e. The number of carbonyl (C=O) groups excluding carboxylic acids is 1. The lowest BCUT2D eigenvalue weighted by atomic mass is 10.1. The van der Waals surface area contributed by atoms with Crippen LogP contribution in [0.1, 0.15) is 30.6 Å². The molecule has 142 valence electrons. The molecule has 0 spiro atoms. The predicted octanol–water partition coefficient (Wildman–Crippen LogP) is 3.93. The maximum atomic E-state index is 12.4. The molecule has 0 aliphatic heterocycles. The minimum absolute atomic E-state index is 0. The molecule has 3 N–H and O–H groups in total. The standard InChI is InChI=1S/C20H27N3O2.ClH/c1-3-14-23(4-2)18-9-5-16(6-10-18)20(24)22-17-7-11-19(12-8-17)25-15-13-21;/h5-12H,3-4,13-15,21H2,1-2H3,(H,22,24);1H. The van der Waals surface area contributed by atoms with E-state index in [0.717, 1.165) is 36.6 Å². The third kappa shape index (κ3) is 6.24. The molecule has 2 aromatic carbocycles. The molecule has 1 amide bonds. The van der Waals surface area contributed by atoms with Crippen molar-refractivity contribution in [2.75, 3.05) is 36.5 Å². The van der Waals surface area contributed by atoms with Crippen LogP contribution >= 0.6 is 12.4 Å². The van der Waals surface area contributed by atoms with Crippen LogP contribution in [0.3, 0.4) is 0 Å². The summed E-state index contributed by atoms with van der Waals surface area (Å²) in [5.74, 6) is 0.615. The number of rotatable bonds is 9. The van der Waals surface area contributed by atoms with Gasteiger partial charge in [-0.2, -0.15) is 0 Å². The zero-order valence-electron chi connectivity index (χ0n) is 15.4. The highest BCUT2D eigenvalue weighted by atomic mass is 35.5. The van der Waals surface area contributed by atoms with Gasteiger partial charge >= 0.3 is 0 Å². The number of anilines is 2. The third-order valence-corrected chi connectivity index (χ3v) is 3.87. The SMILES string of the molecule is CCCN(CC)c1ccc(C(=O)Nc2ccc(OCCN)cc2)cc1.Cl. The summed E-state index contributed by atoms with van der Waals surface area (Å²) in [4.78, 5) is 14.7. The molecule has 0 saturated heterocycles. The van der Waals surface area contributed by atoms with Crippen molar-refractivity contribution in [2.24, 2.45) is 5.73 Å². The van der Waals surface area contributed by atoms with Crippen molar-refractivity contribution in [3.63, 3.8) is 0 Å². The van der Waals surface area contributed by atoms with Crippen LogP contribution in [-0.4, -0.2) is 32.1 Å². The minimum Gasteiger partial charge on any atom is -0.492 e. The molecule has 0 bridgehead atoms. The van der Waals surface area contributed by atoms with Crippen LogP contribution in [0.5, 0.6) is 5.75 Å². The molecular weight excluding hydrogens is 350 g/mol. The maximum Gasteiger partial charge on any atom is 0.255 e. The van der Waals surface area contributed by atoms with Crippen LogP contribution in [0.4, 0.5) is 11.4 Å². The average molecular weight is 378 g/mol. The summed E-state index contributed by atoms with van der Waals surface area (Å²) in [6.07, 6.45) is 1.10. The fourth-order valence-electron chi connectivity index (χ4n) is 2.58. The van der Waals surface area contributed by atoms with Gasteiger partial charge < -0.3 is 20.7 Å². The molecule has 0 atom stereocenters. The van der Waals surface area contributed by atoms with Crippen LogP contribution in [0.2, 0.25) is 0 Å². The maximum absolute atomic E-state index is 12.4. The van der Waals surface area contributed by atoms with E-state index < -0.39 is 0 Å². The summed E-state index contributed by atoms with van der Waals surface area (Å²) in [5.41, 5.74) is 7.92. The minimum atomic E-state index is -0.124. The van der Waals surface area contributed by atoms with E-state index in [0.29, 0.717) is 18.7 Å². The van der Waals surface area contributed by atoms with Crippen LogP contribution in [0, 0.1) is 0 Å². The van der Waals surface area contributed by atoms with E-state index in [1.165, 1.54) is 0 Å². The molecule has 6 heteroatoms. The van der Waals surface area contributed by atoms with Gasteiger partial charge in [0.25, 0.3) is 5.91 Å². The molecule has 26 heavy (non-hydrogen) atoms. The fraction of sp³-hybridized carbons (Fsp3) is 0.350. The summed E-state index contributed by atoms with van der Waals surface area (Å²) in [6, 6.07) is 15.0. The lowest BCUT2D eigenvalue weighted by molar-refractivity contribution is 0.102. The van der Waals surface area contributed by atoms with Gasteiger partial charge in [-0.3, -0.25) is 4.79 Å². The summed E-state index contributed by atoms with van der Waals surface area (Å²) >= 11 is 0. The highest BCUT2D eigenvalue weighted by Gasteiger charge is 2.08. The summed E-state index contributed by atoms with van der Waals surface area (Å²) < 4.78 is 5.42. The lowest BCUT2D eigenvalue weighted by Gasteiger charge is -2.22. The molecule has 0 fully saturated rings. The molecule has 5 nitrogen and oxygen atoms in total. The van der Waals surface area contributed by atoms with Gasteiger partial charge in [0.1, 0.15) is 12.4 Å². The van der Waals surface area contributed by atoms with E-state index >= 15 is 0 Å². The van der Waals surface area contributed by atoms with Crippen molar-refractivity contribution >= 4 is 29.7 Å². The molecule has 0 unspecified atom stereocenters. The van der Waals surface area contributed by atoms with E-state index in [1.54, 1.807) is 0 Å². The Morgan fingerprint density at radius 2 is 1.73 bits per heavy atom. The van der Waals surface area contributed by atoms with Gasteiger partial charge in [-0.05, 0) is 61.9 Å². The molecule has 0 aromatic heterocycles. The normalized spacial score (nSPS) is 9.96. The monoisotopic (exact) mass is 377 g/mol. The number of nitrogens with two attached hydrogens (primary N) is 1. The first-order valence-electron chi connectivity index (χ1n) is 8.77. The molecule has 0 saturated carbocycles. The zero-order chi connectivity index (χ0) is 18.1. The first-order chi connectivity index (χ1) is 12.2. The number of carbonyl (C=O) groups is 1. The molecule has 0 aliphatic rings. The van der Waals surface area contributed by atoms with Crippen molar-refractivity contribution in [3.8, 4) is 5.75 Å². The number of hydrogen-bond donors (Lipinski definition) is 2. The van der Waals surface area contributed by atoms with E-state index in [-0.39, 0.29) is 18.3 Å². The van der Waals surface area contributed by atoms with E-state index in [2.05, 4.69) is 24.1 Å². The number of nitrogens with zero attached hydrogens (tertiary/aromatic N) is 1. The topological polar surface area (TPSA) is 67.6 Å². The average Bonchev–Trinajstić information content (AvgIpc) is 2.65. The highest BCUT2D eigenvalue weighted by molar-refractivity contribution is 6.04. The second-order valence-corrected chi connectivity index (χ2v) is 5.74. The van der Waals surface area contributed by atoms with E-state index in [9.17, 15) is 4.79 Å². The molecule has 0 aliphatic carbocycles. The first-order valence-corrected chi connectivity index (χ1v) is 8.77. The van der Waals surface area contributed by atoms with Crippen molar-refractivity contribution < 1.29 is 9.53 Å². The van der Waals surface area contributed by atoms with Crippen molar-refractivity contribution in [1.82, 2.24) is 0 Å². The van der Waals surface area contributed by atoms with Crippen LogP contribution in [0.25, 0.3) is 0 Å². The molecule has 0 heterocycles. The Kier molecular flexibility index (Phi) is 9.55. The second-order valence-electron chi connectivity index (χ2n) is 5.74. The fourth-order valence-corrected chi connectivity index (χ4v) is 2.58. The highest BCUT2D eigenvalue weighted by Crippen LogP contribution is 2.18. The second kappa shape index (κ2) is 11.4. The zero-order valence-corrected chi connectivity index (χ0v) is 16.2. The Labute approximate surface area is 161 Å². The van der Waals surface area contributed by atoms with Crippen molar-refractivity contribution in [1.29, 1.82) is 0 Å². The first kappa shape index (κ1) is 21.8. The van der Waals surface area contributed by atoms with Crippen LogP contribution < -0.4 is 20.7 Å². The van der Waals surface area contributed by atoms with Gasteiger partial charge in [0.05, 0.1) is 0 Å². The molecule has 2 aromatic rings. The quantitative estimate of drug-likeness (QED) is 0.694. The van der Waals surface area contributed by atoms with Crippen LogP contribution in [0.15, 0.2) is 48.5 Å². The number of halogens is 1. The largest absolute Gasteiger partial charge is 0.492 e. The number of ether oxygens (including phenoxy) is 1. The Balaban J connectivity index is 0.00000338. The number of amides is 1.